The first-order chi connectivity index (χ1) is 19.3. The first-order valence-corrected chi connectivity index (χ1v) is 14.6. The van der Waals surface area contributed by atoms with E-state index in [9.17, 15) is 22.4 Å². The number of rotatable bonds is 10. The molecule has 2 amide bonds. The van der Waals surface area contributed by atoms with Gasteiger partial charge in [-0.3, -0.25) is 13.9 Å². The highest BCUT2D eigenvalue weighted by molar-refractivity contribution is 7.93. The Kier molecular flexibility index (Phi) is 7.84. The molecule has 7 nitrogen and oxygen atoms in total. The fraction of sp³-hybridized carbons (Fsp3) is 0.226. The molecule has 1 atom stereocenters. The van der Waals surface area contributed by atoms with Crippen molar-refractivity contribution in [3.8, 4) is 0 Å². The third-order valence-electron chi connectivity index (χ3n) is 7.25. The van der Waals surface area contributed by atoms with Crippen molar-refractivity contribution in [1.29, 1.82) is 0 Å². The van der Waals surface area contributed by atoms with Crippen LogP contribution in [0.2, 0.25) is 0 Å². The number of carbonyl (C=O) groups is 2. The van der Waals surface area contributed by atoms with E-state index in [2.05, 4.69) is 5.32 Å². The van der Waals surface area contributed by atoms with Gasteiger partial charge in [0.2, 0.25) is 11.8 Å². The minimum absolute atomic E-state index is 0.0188. The van der Waals surface area contributed by atoms with Crippen LogP contribution in [0, 0.1) is 5.82 Å². The van der Waals surface area contributed by atoms with Crippen LogP contribution >= 0.6 is 0 Å². The largest absolute Gasteiger partial charge is 0.357 e. The Balaban J connectivity index is 1.38. The van der Waals surface area contributed by atoms with Gasteiger partial charge in [0.05, 0.1) is 10.6 Å². The molecule has 0 spiro atoms. The summed E-state index contributed by atoms with van der Waals surface area (Å²) in [6, 6.07) is 25.3. The molecule has 0 fully saturated rings. The molecule has 1 unspecified atom stereocenters. The molecule has 9 heteroatoms. The molecule has 40 heavy (non-hydrogen) atoms. The molecule has 1 aliphatic heterocycles. The zero-order valence-corrected chi connectivity index (χ0v) is 22.9. The molecule has 4 aromatic rings. The fourth-order valence-electron chi connectivity index (χ4n) is 5.25. The molecule has 1 aliphatic rings. The lowest BCUT2D eigenvalue weighted by Gasteiger charge is -2.31. The van der Waals surface area contributed by atoms with Crippen molar-refractivity contribution >= 4 is 38.3 Å². The number of carbonyl (C=O) groups excluding carboxylic acids is 2. The van der Waals surface area contributed by atoms with Gasteiger partial charge in [0.25, 0.3) is 10.0 Å². The van der Waals surface area contributed by atoms with Crippen LogP contribution in [0.15, 0.2) is 95.9 Å². The summed E-state index contributed by atoms with van der Waals surface area (Å²) >= 11 is 0. The van der Waals surface area contributed by atoms with Gasteiger partial charge in [0.1, 0.15) is 11.9 Å². The predicted molar refractivity (Wildman–Crippen MR) is 153 cm³/mol. The van der Waals surface area contributed by atoms with Crippen LogP contribution in [0.3, 0.4) is 0 Å². The third-order valence-corrected chi connectivity index (χ3v) is 9.10. The second-order valence-electron chi connectivity index (χ2n) is 9.74. The van der Waals surface area contributed by atoms with Crippen LogP contribution in [-0.2, 0) is 32.6 Å². The monoisotopic (exact) mass is 559 g/mol. The molecule has 0 aromatic heterocycles. The van der Waals surface area contributed by atoms with Gasteiger partial charge in [-0.25, -0.2) is 12.8 Å². The normalized spacial score (nSPS) is 14.2. The summed E-state index contributed by atoms with van der Waals surface area (Å²) in [6.45, 7) is 0.00190. The summed E-state index contributed by atoms with van der Waals surface area (Å²) in [5, 5.41) is 4.16. The number of halogens is 1. The molecule has 0 bridgehead atoms. The summed E-state index contributed by atoms with van der Waals surface area (Å²) in [4.78, 5) is 28.4. The highest BCUT2D eigenvalue weighted by Gasteiger charge is 2.36. The second kappa shape index (κ2) is 11.5. The molecule has 1 N–H and O–H groups in total. The maximum atomic E-state index is 14.7. The van der Waals surface area contributed by atoms with Crippen LogP contribution in [0.25, 0.3) is 10.8 Å². The number of amides is 2. The topological polar surface area (TPSA) is 86.8 Å². The van der Waals surface area contributed by atoms with Gasteiger partial charge < -0.3 is 10.2 Å². The Morgan fingerprint density at radius 1 is 0.925 bits per heavy atom. The standard InChI is InChI=1S/C31H30FN3O4S/c1-33-31(37)27(20-22-10-3-2-4-11-22)34(21-24-12-5-6-15-25(24)32)29(36)18-9-19-35-26-16-7-13-23-14-8-17-28(30(23)26)40(35,38)39/h2-8,10-17,27H,9,18-21H2,1H3,(H,33,37). The second-order valence-corrected chi connectivity index (χ2v) is 11.6. The van der Waals surface area contributed by atoms with Gasteiger partial charge in [-0.15, -0.1) is 0 Å². The van der Waals surface area contributed by atoms with Crippen LogP contribution in [0.4, 0.5) is 10.1 Å². The maximum Gasteiger partial charge on any atom is 0.265 e. The van der Waals surface area contributed by atoms with Gasteiger partial charge in [-0.1, -0.05) is 72.8 Å². The first kappa shape index (κ1) is 27.3. The molecule has 0 saturated carbocycles. The maximum absolute atomic E-state index is 14.7. The van der Waals surface area contributed by atoms with E-state index in [1.807, 2.05) is 48.5 Å². The third kappa shape index (κ3) is 5.29. The van der Waals surface area contributed by atoms with E-state index >= 15 is 0 Å². The predicted octanol–water partition coefficient (Wildman–Crippen LogP) is 4.65. The highest BCUT2D eigenvalue weighted by Crippen LogP contribution is 2.42. The van der Waals surface area contributed by atoms with Gasteiger partial charge in [-0.05, 0) is 35.6 Å². The Bertz CT molecular complexity index is 1650. The van der Waals surface area contributed by atoms with Crippen LogP contribution in [-0.4, -0.2) is 44.8 Å². The molecule has 0 saturated heterocycles. The average Bonchev–Trinajstić information content (AvgIpc) is 3.19. The number of nitrogens with one attached hydrogen (secondary N) is 1. The Hall–Kier alpha value is -4.24. The van der Waals surface area contributed by atoms with Crippen LogP contribution in [0.5, 0.6) is 0 Å². The summed E-state index contributed by atoms with van der Waals surface area (Å²) < 4.78 is 42.7. The number of nitrogens with zero attached hydrogens (tertiary/aromatic N) is 2. The number of hydrogen-bond donors (Lipinski definition) is 1. The van der Waals surface area contributed by atoms with Gasteiger partial charge >= 0.3 is 0 Å². The number of likely N-dealkylation sites (N-methyl/N-ethyl adjacent to an activating group) is 1. The minimum Gasteiger partial charge on any atom is -0.357 e. The quantitative estimate of drug-likeness (QED) is 0.306. The SMILES string of the molecule is CNC(=O)C(Cc1ccccc1)N(Cc1ccccc1F)C(=O)CCCN1c2cccc3cccc(c23)S1(=O)=O. The Morgan fingerprint density at radius 3 is 2.35 bits per heavy atom. The van der Waals surface area contributed by atoms with Crippen molar-refractivity contribution in [1.82, 2.24) is 10.2 Å². The molecule has 206 valence electrons. The van der Waals surface area contributed by atoms with Crippen LogP contribution in [0.1, 0.15) is 24.0 Å². The lowest BCUT2D eigenvalue weighted by atomic mass is 10.0. The fourth-order valence-corrected chi connectivity index (χ4v) is 7.00. The number of benzene rings is 4. The molecule has 1 heterocycles. The molecular weight excluding hydrogens is 529 g/mol. The van der Waals surface area contributed by atoms with E-state index in [0.717, 1.165) is 10.9 Å². The van der Waals surface area contributed by atoms with Crippen LogP contribution < -0.4 is 9.62 Å². The number of hydrogen-bond acceptors (Lipinski definition) is 4. The molecule has 0 radical (unpaired) electrons. The summed E-state index contributed by atoms with van der Waals surface area (Å²) in [5.74, 6) is -1.19. The molecule has 0 aliphatic carbocycles. The zero-order valence-electron chi connectivity index (χ0n) is 22.1. The van der Waals surface area contributed by atoms with E-state index in [1.165, 1.54) is 22.3 Å². The van der Waals surface area contributed by atoms with E-state index < -0.39 is 21.9 Å². The minimum atomic E-state index is -3.75. The van der Waals surface area contributed by atoms with Crippen molar-refractivity contribution in [2.45, 2.75) is 36.7 Å². The molecular formula is C31H30FN3O4S. The van der Waals surface area contributed by atoms with Gasteiger partial charge in [0.15, 0.2) is 0 Å². The van der Waals surface area contributed by atoms with Crippen molar-refractivity contribution in [2.75, 3.05) is 17.9 Å². The summed E-state index contributed by atoms with van der Waals surface area (Å²) in [7, 11) is -2.25. The summed E-state index contributed by atoms with van der Waals surface area (Å²) in [6.07, 6.45) is 0.454. The summed E-state index contributed by atoms with van der Waals surface area (Å²) in [5.41, 5.74) is 1.74. The van der Waals surface area contributed by atoms with E-state index in [4.69, 9.17) is 0 Å². The first-order valence-electron chi connectivity index (χ1n) is 13.1. The smallest absolute Gasteiger partial charge is 0.265 e. The van der Waals surface area contributed by atoms with Gasteiger partial charge in [0, 0.05) is 43.9 Å². The van der Waals surface area contributed by atoms with E-state index in [1.54, 1.807) is 36.4 Å². The van der Waals surface area contributed by atoms with Crippen molar-refractivity contribution in [3.63, 3.8) is 0 Å². The van der Waals surface area contributed by atoms with Crippen molar-refractivity contribution in [3.05, 3.63) is 108 Å². The van der Waals surface area contributed by atoms with E-state index in [0.29, 0.717) is 16.6 Å². The highest BCUT2D eigenvalue weighted by atomic mass is 32.2. The molecule has 5 rings (SSSR count). The lowest BCUT2D eigenvalue weighted by Crippen LogP contribution is -2.50. The Morgan fingerprint density at radius 2 is 1.62 bits per heavy atom. The average molecular weight is 560 g/mol. The van der Waals surface area contributed by atoms with Gasteiger partial charge in [-0.2, -0.15) is 0 Å². The van der Waals surface area contributed by atoms with Crippen molar-refractivity contribution < 1.29 is 22.4 Å². The van der Waals surface area contributed by atoms with E-state index in [-0.39, 0.29) is 49.1 Å². The zero-order chi connectivity index (χ0) is 28.3. The lowest BCUT2D eigenvalue weighted by molar-refractivity contribution is -0.141. The number of anilines is 1. The van der Waals surface area contributed by atoms with Crippen molar-refractivity contribution in [2.24, 2.45) is 0 Å². The molecule has 4 aromatic carbocycles. The number of sulfonamides is 1. The Labute approximate surface area is 233 Å².